The van der Waals surface area contributed by atoms with E-state index >= 15 is 0 Å². The highest BCUT2D eigenvalue weighted by Gasteiger charge is 2.41. The number of benzene rings is 3. The number of hydrogen-bond donors (Lipinski definition) is 4. The molecule has 0 spiro atoms. The quantitative estimate of drug-likeness (QED) is 0.152. The molecule has 0 bridgehead atoms. The zero-order chi connectivity index (χ0) is 32.5. The fourth-order valence-electron chi connectivity index (χ4n) is 3.81. The summed E-state index contributed by atoms with van der Waals surface area (Å²) in [6.45, 7) is 3.56. The lowest BCUT2D eigenvalue weighted by molar-refractivity contribution is -0.159. The van der Waals surface area contributed by atoms with E-state index in [9.17, 15) is 33.9 Å². The van der Waals surface area contributed by atoms with Gasteiger partial charge >= 0.3 is 17.9 Å². The minimum absolute atomic E-state index is 0.00402. The molecule has 1 heterocycles. The molecule has 0 unspecified atom stereocenters. The first-order chi connectivity index (χ1) is 21.5. The number of carboxylic acid groups (broad SMARTS) is 1. The van der Waals surface area contributed by atoms with Crippen LogP contribution in [0.25, 0.3) is 0 Å². The van der Waals surface area contributed by atoms with Crippen LogP contribution in [-0.2, 0) is 19.1 Å². The van der Waals surface area contributed by atoms with Crippen molar-refractivity contribution in [1.29, 1.82) is 0 Å². The highest BCUT2D eigenvalue weighted by Crippen LogP contribution is 2.15. The molecule has 0 fully saturated rings. The minimum Gasteiger partial charge on any atom is -0.478 e. The van der Waals surface area contributed by atoms with E-state index in [-0.39, 0.29) is 22.5 Å². The molecule has 13 heteroatoms. The Morgan fingerprint density at radius 2 is 1.16 bits per heavy atom. The SMILES string of the molecule is Cc1ccc(C(=O)O[C@@H](C(=O)O)[C@@H](OC(=O)c2ccc(C)cc2)C(=O)NNC(=O)c2ccc(NC(=O)c3ccco3)cc2)cc1. The Kier molecular flexibility index (Phi) is 10.1. The van der Waals surface area contributed by atoms with Crippen molar-refractivity contribution >= 4 is 41.3 Å². The van der Waals surface area contributed by atoms with Gasteiger partial charge in [-0.25, -0.2) is 14.4 Å². The molecule has 4 rings (SSSR count). The van der Waals surface area contributed by atoms with Crippen LogP contribution in [0.2, 0.25) is 0 Å². The number of esters is 2. The average molecular weight is 614 g/mol. The van der Waals surface area contributed by atoms with E-state index in [0.717, 1.165) is 11.1 Å². The topological polar surface area (TPSA) is 190 Å². The molecule has 230 valence electrons. The number of carbonyl (C=O) groups excluding carboxylic acids is 5. The summed E-state index contributed by atoms with van der Waals surface area (Å²) in [4.78, 5) is 75.9. The van der Waals surface area contributed by atoms with Crippen molar-refractivity contribution in [2.45, 2.75) is 26.1 Å². The molecule has 3 amide bonds. The minimum atomic E-state index is -2.29. The van der Waals surface area contributed by atoms with Crippen LogP contribution >= 0.6 is 0 Å². The van der Waals surface area contributed by atoms with E-state index in [0.29, 0.717) is 5.69 Å². The Labute approximate surface area is 256 Å². The van der Waals surface area contributed by atoms with Gasteiger partial charge in [-0.1, -0.05) is 35.4 Å². The number of aryl methyl sites for hydroxylation is 2. The standard InChI is InChI=1S/C32H27N3O10/c1-18-5-9-21(10-6-18)31(41)44-25(26(30(39)40)45-32(42)22-11-7-19(2)8-12-22)29(38)35-34-27(36)20-13-15-23(16-14-20)33-28(37)24-4-3-17-43-24/h3-17,25-26H,1-2H3,(H,33,37)(H,34,36)(H,35,38)(H,39,40)/t25-,26-/m1/s1. The van der Waals surface area contributed by atoms with Gasteiger partial charge < -0.3 is 24.3 Å². The van der Waals surface area contributed by atoms with Crippen LogP contribution in [0.1, 0.15) is 52.8 Å². The molecule has 45 heavy (non-hydrogen) atoms. The van der Waals surface area contributed by atoms with Crippen LogP contribution < -0.4 is 16.2 Å². The number of aliphatic carboxylic acids is 1. The molecule has 4 N–H and O–H groups in total. The molecular weight excluding hydrogens is 586 g/mol. The number of carboxylic acids is 1. The molecule has 0 saturated heterocycles. The number of anilines is 1. The van der Waals surface area contributed by atoms with E-state index in [1.54, 1.807) is 44.2 Å². The molecule has 13 nitrogen and oxygen atoms in total. The monoisotopic (exact) mass is 613 g/mol. The fraction of sp³-hybridized carbons (Fsp3) is 0.125. The summed E-state index contributed by atoms with van der Waals surface area (Å²) in [5.74, 6) is -6.50. The third-order valence-electron chi connectivity index (χ3n) is 6.27. The fourth-order valence-corrected chi connectivity index (χ4v) is 3.81. The number of ether oxygens (including phenoxy) is 2. The van der Waals surface area contributed by atoms with E-state index in [2.05, 4.69) is 10.7 Å². The van der Waals surface area contributed by atoms with E-state index < -0.39 is 47.8 Å². The first-order valence-corrected chi connectivity index (χ1v) is 13.3. The summed E-state index contributed by atoms with van der Waals surface area (Å²) in [6, 6.07) is 20.6. The summed E-state index contributed by atoms with van der Waals surface area (Å²) in [5.41, 5.74) is 6.15. The molecular formula is C32H27N3O10. The van der Waals surface area contributed by atoms with Crippen LogP contribution in [0.5, 0.6) is 0 Å². The van der Waals surface area contributed by atoms with E-state index in [1.807, 2.05) is 5.43 Å². The summed E-state index contributed by atoms with van der Waals surface area (Å²) in [6.07, 6.45) is -3.16. The number of amides is 3. The number of nitrogens with one attached hydrogen (secondary N) is 3. The third-order valence-corrected chi connectivity index (χ3v) is 6.27. The maximum Gasteiger partial charge on any atom is 0.349 e. The van der Waals surface area contributed by atoms with Crippen LogP contribution in [0.4, 0.5) is 5.69 Å². The van der Waals surface area contributed by atoms with Crippen LogP contribution in [0.3, 0.4) is 0 Å². The van der Waals surface area contributed by atoms with Gasteiger partial charge in [0.2, 0.25) is 12.2 Å². The van der Waals surface area contributed by atoms with Crippen LogP contribution in [0.15, 0.2) is 95.6 Å². The average Bonchev–Trinajstić information content (AvgIpc) is 3.58. The molecule has 1 aromatic heterocycles. The lowest BCUT2D eigenvalue weighted by Gasteiger charge is -2.23. The molecule has 0 aliphatic rings. The second kappa shape index (κ2) is 14.3. The van der Waals surface area contributed by atoms with Gasteiger partial charge in [-0.15, -0.1) is 0 Å². The second-order valence-electron chi connectivity index (χ2n) is 9.67. The zero-order valence-corrected chi connectivity index (χ0v) is 23.9. The third kappa shape index (κ3) is 8.41. The second-order valence-corrected chi connectivity index (χ2v) is 9.67. The number of hydrogen-bond acceptors (Lipinski definition) is 9. The molecule has 0 saturated carbocycles. The van der Waals surface area contributed by atoms with Crippen molar-refractivity contribution in [3.05, 3.63) is 125 Å². The van der Waals surface area contributed by atoms with Crippen molar-refractivity contribution in [2.75, 3.05) is 5.32 Å². The molecule has 0 aliphatic carbocycles. The van der Waals surface area contributed by atoms with Gasteiger partial charge in [-0.3, -0.25) is 25.2 Å². The maximum atomic E-state index is 13.2. The van der Waals surface area contributed by atoms with Gasteiger partial charge in [0.25, 0.3) is 17.7 Å². The highest BCUT2D eigenvalue weighted by atomic mass is 16.6. The van der Waals surface area contributed by atoms with Crippen molar-refractivity contribution in [3.63, 3.8) is 0 Å². The first-order valence-electron chi connectivity index (χ1n) is 13.3. The van der Waals surface area contributed by atoms with Crippen molar-refractivity contribution < 1.29 is 47.8 Å². The van der Waals surface area contributed by atoms with Gasteiger partial charge in [0.1, 0.15) is 0 Å². The molecule has 4 aromatic rings. The lowest BCUT2D eigenvalue weighted by atomic mass is 10.1. The van der Waals surface area contributed by atoms with E-state index in [4.69, 9.17) is 13.9 Å². The van der Waals surface area contributed by atoms with Crippen molar-refractivity contribution in [2.24, 2.45) is 0 Å². The molecule has 3 aromatic carbocycles. The molecule has 0 radical (unpaired) electrons. The van der Waals surface area contributed by atoms with E-state index in [1.165, 1.54) is 60.9 Å². The predicted octanol–water partition coefficient (Wildman–Crippen LogP) is 3.45. The Balaban J connectivity index is 1.48. The number of rotatable bonds is 10. The van der Waals surface area contributed by atoms with Gasteiger partial charge in [0.15, 0.2) is 5.76 Å². The smallest absolute Gasteiger partial charge is 0.349 e. The number of carbonyl (C=O) groups is 6. The van der Waals surface area contributed by atoms with Crippen LogP contribution in [0, 0.1) is 13.8 Å². The largest absolute Gasteiger partial charge is 0.478 e. The summed E-state index contributed by atoms with van der Waals surface area (Å²) < 4.78 is 15.4. The number of furan rings is 1. The van der Waals surface area contributed by atoms with Crippen molar-refractivity contribution in [1.82, 2.24) is 10.9 Å². The highest BCUT2D eigenvalue weighted by molar-refractivity contribution is 6.03. The normalized spacial score (nSPS) is 11.8. The predicted molar refractivity (Wildman–Crippen MR) is 157 cm³/mol. The van der Waals surface area contributed by atoms with Crippen LogP contribution in [-0.4, -0.2) is 52.9 Å². The Morgan fingerprint density at radius 3 is 1.64 bits per heavy atom. The summed E-state index contributed by atoms with van der Waals surface area (Å²) >= 11 is 0. The van der Waals surface area contributed by atoms with Gasteiger partial charge in [0, 0.05) is 11.3 Å². The first kappa shape index (κ1) is 31.7. The maximum absolute atomic E-state index is 13.2. The van der Waals surface area contributed by atoms with Gasteiger partial charge in [-0.05, 0) is 74.5 Å². The Bertz CT molecular complexity index is 1700. The van der Waals surface area contributed by atoms with Gasteiger partial charge in [0.05, 0.1) is 17.4 Å². The lowest BCUT2D eigenvalue weighted by Crippen LogP contribution is -2.54. The van der Waals surface area contributed by atoms with Crippen molar-refractivity contribution in [3.8, 4) is 0 Å². The Morgan fingerprint density at radius 1 is 0.644 bits per heavy atom. The molecule has 0 aliphatic heterocycles. The summed E-state index contributed by atoms with van der Waals surface area (Å²) in [7, 11) is 0. The van der Waals surface area contributed by atoms with Gasteiger partial charge in [-0.2, -0.15) is 0 Å². The Hall–Kier alpha value is -6.24. The number of hydrazine groups is 1. The zero-order valence-electron chi connectivity index (χ0n) is 23.9. The summed E-state index contributed by atoms with van der Waals surface area (Å²) in [5, 5.41) is 12.5. The molecule has 2 atom stereocenters.